The lowest BCUT2D eigenvalue weighted by atomic mass is 9.83. The summed E-state index contributed by atoms with van der Waals surface area (Å²) in [6.45, 7) is 4.98. The Morgan fingerprint density at radius 2 is 2.00 bits per heavy atom. The van der Waals surface area contributed by atoms with E-state index in [1.54, 1.807) is 0 Å². The second-order valence-corrected chi connectivity index (χ2v) is 5.39. The Labute approximate surface area is 95.2 Å². The van der Waals surface area contributed by atoms with Crippen LogP contribution >= 0.6 is 0 Å². The zero-order valence-corrected chi connectivity index (χ0v) is 10.2. The Kier molecular flexibility index (Phi) is 4.23. The molecule has 0 aromatic carbocycles. The highest BCUT2D eigenvalue weighted by molar-refractivity contribution is 4.91. The molecule has 1 heterocycles. The lowest BCUT2D eigenvalue weighted by Gasteiger charge is -2.28. The van der Waals surface area contributed by atoms with Crippen LogP contribution in [0.1, 0.15) is 26.7 Å². The minimum Gasteiger partial charge on any atom is -0.313 e. The van der Waals surface area contributed by atoms with Crippen molar-refractivity contribution >= 4 is 0 Å². The Morgan fingerprint density at radius 1 is 1.38 bits per heavy atom. The van der Waals surface area contributed by atoms with Gasteiger partial charge in [0.25, 0.3) is 0 Å². The smallest absolute Gasteiger partial charge is 0.313 e. The van der Waals surface area contributed by atoms with Gasteiger partial charge in [-0.3, -0.25) is 4.90 Å². The van der Waals surface area contributed by atoms with Gasteiger partial charge in [0.15, 0.2) is 0 Å². The second-order valence-electron chi connectivity index (χ2n) is 5.39. The van der Waals surface area contributed by atoms with Crippen LogP contribution in [0.2, 0.25) is 0 Å². The SMILES string of the molecule is CN(CCC1NCCC1(C)C)CC(F)(F)F. The Hall–Kier alpha value is -0.290. The monoisotopic (exact) mass is 238 g/mol. The molecule has 96 valence electrons. The van der Waals surface area contributed by atoms with Crippen molar-refractivity contribution in [2.24, 2.45) is 5.41 Å². The van der Waals surface area contributed by atoms with Gasteiger partial charge in [-0.25, -0.2) is 0 Å². The van der Waals surface area contributed by atoms with Gasteiger partial charge >= 0.3 is 6.18 Å². The summed E-state index contributed by atoms with van der Waals surface area (Å²) in [5, 5.41) is 3.36. The molecule has 0 saturated carbocycles. The topological polar surface area (TPSA) is 15.3 Å². The third-order valence-corrected chi connectivity index (χ3v) is 3.35. The van der Waals surface area contributed by atoms with Crippen LogP contribution in [0.25, 0.3) is 0 Å². The van der Waals surface area contributed by atoms with Crippen LogP contribution in [0.4, 0.5) is 13.2 Å². The van der Waals surface area contributed by atoms with E-state index in [1.807, 2.05) is 0 Å². The molecule has 1 unspecified atom stereocenters. The summed E-state index contributed by atoms with van der Waals surface area (Å²) in [6.07, 6.45) is -2.21. The predicted molar refractivity (Wildman–Crippen MR) is 58.4 cm³/mol. The molecule has 1 N–H and O–H groups in total. The first-order chi connectivity index (χ1) is 7.21. The zero-order chi connectivity index (χ0) is 12.4. The van der Waals surface area contributed by atoms with Gasteiger partial charge in [-0.15, -0.1) is 0 Å². The molecule has 16 heavy (non-hydrogen) atoms. The number of nitrogens with zero attached hydrogens (tertiary/aromatic N) is 1. The highest BCUT2D eigenvalue weighted by Crippen LogP contribution is 2.31. The number of rotatable bonds is 4. The van der Waals surface area contributed by atoms with Crippen molar-refractivity contribution in [1.82, 2.24) is 10.2 Å². The van der Waals surface area contributed by atoms with E-state index in [1.165, 1.54) is 11.9 Å². The minimum atomic E-state index is -4.09. The zero-order valence-electron chi connectivity index (χ0n) is 10.2. The fraction of sp³-hybridized carbons (Fsp3) is 1.00. The van der Waals surface area contributed by atoms with E-state index in [0.29, 0.717) is 12.6 Å². The van der Waals surface area contributed by atoms with Crippen LogP contribution in [0, 0.1) is 5.41 Å². The van der Waals surface area contributed by atoms with E-state index in [-0.39, 0.29) is 5.41 Å². The second kappa shape index (κ2) is 4.92. The molecule has 1 rings (SSSR count). The molecule has 0 aromatic heterocycles. The van der Waals surface area contributed by atoms with E-state index in [4.69, 9.17) is 0 Å². The average molecular weight is 238 g/mol. The van der Waals surface area contributed by atoms with Gasteiger partial charge in [0.2, 0.25) is 0 Å². The normalized spacial score (nSPS) is 25.3. The predicted octanol–water partition coefficient (Wildman–Crippen LogP) is 2.26. The Morgan fingerprint density at radius 3 is 2.44 bits per heavy atom. The standard InChI is InChI=1S/C11H21F3N2/c1-10(2)5-6-15-9(10)4-7-16(3)8-11(12,13)14/h9,15H,4-8H2,1-3H3. The summed E-state index contributed by atoms with van der Waals surface area (Å²) >= 11 is 0. The van der Waals surface area contributed by atoms with Crippen LogP contribution < -0.4 is 5.32 Å². The van der Waals surface area contributed by atoms with Crippen molar-refractivity contribution in [3.05, 3.63) is 0 Å². The minimum absolute atomic E-state index is 0.207. The molecule has 1 aliphatic heterocycles. The molecule has 0 amide bonds. The van der Waals surface area contributed by atoms with Crippen molar-refractivity contribution in [1.29, 1.82) is 0 Å². The van der Waals surface area contributed by atoms with Gasteiger partial charge in [0.1, 0.15) is 0 Å². The molecule has 1 fully saturated rings. The van der Waals surface area contributed by atoms with Crippen molar-refractivity contribution in [3.63, 3.8) is 0 Å². The molecule has 1 aliphatic rings. The molecule has 1 saturated heterocycles. The summed E-state index contributed by atoms with van der Waals surface area (Å²) in [4.78, 5) is 1.34. The first kappa shape index (κ1) is 13.8. The van der Waals surface area contributed by atoms with E-state index >= 15 is 0 Å². The van der Waals surface area contributed by atoms with E-state index in [2.05, 4.69) is 19.2 Å². The Bertz CT molecular complexity index is 226. The van der Waals surface area contributed by atoms with Crippen LogP contribution in [-0.4, -0.2) is 43.8 Å². The third-order valence-electron chi connectivity index (χ3n) is 3.35. The fourth-order valence-corrected chi connectivity index (χ4v) is 2.25. The maximum atomic E-state index is 12.1. The van der Waals surface area contributed by atoms with E-state index in [9.17, 15) is 13.2 Å². The van der Waals surface area contributed by atoms with Crippen LogP contribution in [0.5, 0.6) is 0 Å². The van der Waals surface area contributed by atoms with Crippen LogP contribution in [-0.2, 0) is 0 Å². The average Bonchev–Trinajstić information content (AvgIpc) is 2.38. The van der Waals surface area contributed by atoms with E-state index in [0.717, 1.165) is 19.4 Å². The molecule has 0 aromatic rings. The van der Waals surface area contributed by atoms with Gasteiger partial charge in [0.05, 0.1) is 6.54 Å². The molecule has 0 bridgehead atoms. The molecular weight excluding hydrogens is 217 g/mol. The van der Waals surface area contributed by atoms with Gasteiger partial charge in [-0.05, 0) is 38.4 Å². The van der Waals surface area contributed by atoms with Gasteiger partial charge in [0, 0.05) is 6.04 Å². The molecule has 2 nitrogen and oxygen atoms in total. The van der Waals surface area contributed by atoms with Crippen LogP contribution in [0.15, 0.2) is 0 Å². The summed E-state index contributed by atoms with van der Waals surface area (Å²) in [5.74, 6) is 0. The van der Waals surface area contributed by atoms with Crippen LogP contribution in [0.3, 0.4) is 0 Å². The summed E-state index contributed by atoms with van der Waals surface area (Å²) < 4.78 is 36.3. The van der Waals surface area contributed by atoms with Crippen molar-refractivity contribution in [2.45, 2.75) is 38.9 Å². The number of hydrogen-bond acceptors (Lipinski definition) is 2. The molecule has 5 heteroatoms. The summed E-state index contributed by atoms with van der Waals surface area (Å²) in [5.41, 5.74) is 0.207. The molecule has 0 radical (unpaired) electrons. The quantitative estimate of drug-likeness (QED) is 0.808. The van der Waals surface area contributed by atoms with Gasteiger partial charge in [-0.2, -0.15) is 13.2 Å². The summed E-state index contributed by atoms with van der Waals surface area (Å²) in [7, 11) is 1.52. The maximum Gasteiger partial charge on any atom is 0.401 e. The number of hydrogen-bond donors (Lipinski definition) is 1. The maximum absolute atomic E-state index is 12.1. The molecule has 0 aliphatic carbocycles. The first-order valence-electron chi connectivity index (χ1n) is 5.69. The lowest BCUT2D eigenvalue weighted by molar-refractivity contribution is -0.143. The van der Waals surface area contributed by atoms with Crippen molar-refractivity contribution in [2.75, 3.05) is 26.7 Å². The summed E-state index contributed by atoms with van der Waals surface area (Å²) in [6, 6.07) is 0.336. The third kappa shape index (κ3) is 4.29. The molecule has 1 atom stereocenters. The number of nitrogens with one attached hydrogen (secondary N) is 1. The highest BCUT2D eigenvalue weighted by atomic mass is 19.4. The largest absolute Gasteiger partial charge is 0.401 e. The van der Waals surface area contributed by atoms with Crippen molar-refractivity contribution < 1.29 is 13.2 Å². The highest BCUT2D eigenvalue weighted by Gasteiger charge is 2.34. The van der Waals surface area contributed by atoms with Gasteiger partial charge in [-0.1, -0.05) is 13.8 Å². The fourth-order valence-electron chi connectivity index (χ4n) is 2.25. The Balaban J connectivity index is 2.29. The number of halogens is 3. The molecule has 0 spiro atoms. The first-order valence-corrected chi connectivity index (χ1v) is 5.69. The molecular formula is C11H21F3N2. The number of alkyl halides is 3. The van der Waals surface area contributed by atoms with E-state index < -0.39 is 12.7 Å². The van der Waals surface area contributed by atoms with Gasteiger partial charge < -0.3 is 5.32 Å². The lowest BCUT2D eigenvalue weighted by Crippen LogP contribution is -2.38. The van der Waals surface area contributed by atoms with Crippen molar-refractivity contribution in [3.8, 4) is 0 Å².